The van der Waals surface area contributed by atoms with Gasteiger partial charge < -0.3 is 5.73 Å². The molecule has 0 aliphatic carbocycles. The molecule has 1 nitrogen and oxygen atoms in total. The highest BCUT2D eigenvalue weighted by Gasteiger charge is 2.73. The van der Waals surface area contributed by atoms with Crippen LogP contribution in [0, 0.1) is 0 Å². The normalized spacial score (nSPS) is 13.6. The van der Waals surface area contributed by atoms with Crippen molar-refractivity contribution in [2.75, 3.05) is 12.0 Å². The Bertz CT molecular complexity index is 467. The number of hydrogen-bond donors (Lipinski definition) is 1. The molecule has 20 heavy (non-hydrogen) atoms. The van der Waals surface area contributed by atoms with Gasteiger partial charge in [0.1, 0.15) is 0 Å². The van der Waals surface area contributed by atoms with E-state index in [4.69, 9.17) is 5.73 Å². The topological polar surface area (TPSA) is 26.0 Å². The number of nitrogen functional groups attached to an aromatic ring is 1. The van der Waals surface area contributed by atoms with Crippen molar-refractivity contribution in [3.8, 4) is 0 Å². The first-order valence-corrected chi connectivity index (χ1v) is 6.54. The van der Waals surface area contributed by atoms with E-state index in [0.717, 1.165) is 17.8 Å². The van der Waals surface area contributed by atoms with E-state index in [9.17, 15) is 30.7 Å². The number of anilines is 1. The minimum Gasteiger partial charge on any atom is -0.398 e. The van der Waals surface area contributed by atoms with Crippen LogP contribution in [0.5, 0.6) is 0 Å². The van der Waals surface area contributed by atoms with E-state index in [1.807, 2.05) is 0 Å². The van der Waals surface area contributed by atoms with Gasteiger partial charge in [-0.1, -0.05) is 6.07 Å². The van der Waals surface area contributed by atoms with Gasteiger partial charge in [-0.15, -0.1) is 0 Å². The zero-order chi connectivity index (χ0) is 15.8. The fourth-order valence-corrected chi connectivity index (χ4v) is 2.15. The van der Waals surface area contributed by atoms with E-state index in [1.165, 1.54) is 0 Å². The second-order valence-corrected chi connectivity index (χ2v) is 4.87. The Labute approximate surface area is 114 Å². The quantitative estimate of drug-likeness (QED) is 0.659. The maximum atomic E-state index is 13.8. The summed E-state index contributed by atoms with van der Waals surface area (Å²) in [5.74, 6) is 0.0749. The molecule has 0 bridgehead atoms. The van der Waals surface area contributed by atoms with Gasteiger partial charge in [0.2, 0.25) is 0 Å². The zero-order valence-corrected chi connectivity index (χ0v) is 10.9. The molecule has 0 spiro atoms. The summed E-state index contributed by atoms with van der Waals surface area (Å²) < 4.78 is 89.2. The molecule has 0 saturated carbocycles. The number of hydrogen-bond acceptors (Lipinski definition) is 2. The molecule has 0 aromatic heterocycles. The summed E-state index contributed by atoms with van der Waals surface area (Å²) in [7, 11) is 0. The highest BCUT2D eigenvalue weighted by molar-refractivity contribution is 7.97. The van der Waals surface area contributed by atoms with Crippen LogP contribution < -0.4 is 5.73 Å². The average molecular weight is 321 g/mol. The zero-order valence-electron chi connectivity index (χ0n) is 10.1. The van der Waals surface area contributed by atoms with Gasteiger partial charge in [-0.3, -0.25) is 0 Å². The van der Waals surface area contributed by atoms with E-state index in [1.54, 1.807) is 6.26 Å². The van der Waals surface area contributed by atoms with Crippen LogP contribution in [0.2, 0.25) is 0 Å². The van der Waals surface area contributed by atoms with E-state index in [0.29, 0.717) is 12.1 Å². The fourth-order valence-electron chi connectivity index (χ4n) is 1.59. The molecule has 114 valence electrons. The summed E-state index contributed by atoms with van der Waals surface area (Å²) in [6.45, 7) is 0. The van der Waals surface area contributed by atoms with Crippen LogP contribution in [0.15, 0.2) is 18.2 Å². The van der Waals surface area contributed by atoms with Crippen molar-refractivity contribution >= 4 is 17.4 Å². The Morgan fingerprint density at radius 3 is 1.90 bits per heavy atom. The summed E-state index contributed by atoms with van der Waals surface area (Å²) in [5.41, 5.74) is -1.47. The molecular weight excluding hydrogens is 311 g/mol. The number of alkyl halides is 7. The smallest absolute Gasteiger partial charge is 0.398 e. The van der Waals surface area contributed by atoms with Crippen LogP contribution >= 0.6 is 11.8 Å². The minimum atomic E-state index is -6.11. The lowest BCUT2D eigenvalue weighted by Crippen LogP contribution is -2.50. The number of benzene rings is 1. The largest absolute Gasteiger partial charge is 0.435 e. The van der Waals surface area contributed by atoms with Gasteiger partial charge in [0.15, 0.2) is 0 Å². The van der Waals surface area contributed by atoms with E-state index < -0.39 is 23.6 Å². The predicted molar refractivity (Wildman–Crippen MR) is 63.0 cm³/mol. The maximum absolute atomic E-state index is 13.8. The van der Waals surface area contributed by atoms with Gasteiger partial charge in [-0.2, -0.15) is 38.1 Å². The summed E-state index contributed by atoms with van der Waals surface area (Å²) in [6, 6.07) is 1.75. The average Bonchev–Trinajstić information content (AvgIpc) is 2.28. The van der Waals surface area contributed by atoms with Crippen molar-refractivity contribution in [2.45, 2.75) is 23.8 Å². The highest BCUT2D eigenvalue weighted by atomic mass is 32.2. The SMILES string of the molecule is CSCc1cc(C(F)(C(F)(F)F)C(F)(F)F)ccc1N. The van der Waals surface area contributed by atoms with Crippen molar-refractivity contribution in [1.29, 1.82) is 0 Å². The van der Waals surface area contributed by atoms with Crippen molar-refractivity contribution in [3.05, 3.63) is 29.3 Å². The van der Waals surface area contributed by atoms with Gasteiger partial charge in [0, 0.05) is 17.0 Å². The van der Waals surface area contributed by atoms with Crippen LogP contribution in [0.3, 0.4) is 0 Å². The lowest BCUT2D eigenvalue weighted by atomic mass is 9.92. The number of halogens is 7. The molecule has 0 saturated heterocycles. The van der Waals surface area contributed by atoms with Crippen molar-refractivity contribution in [2.24, 2.45) is 0 Å². The second-order valence-electron chi connectivity index (χ2n) is 4.00. The first kappa shape index (κ1) is 16.9. The molecule has 9 heteroatoms. The summed E-state index contributed by atoms with van der Waals surface area (Å²) >= 11 is 1.14. The lowest BCUT2D eigenvalue weighted by molar-refractivity contribution is -0.348. The molecule has 2 N–H and O–H groups in total. The van der Waals surface area contributed by atoms with Gasteiger partial charge in [-0.25, -0.2) is 4.39 Å². The van der Waals surface area contributed by atoms with Crippen LogP contribution in [-0.2, 0) is 11.4 Å². The summed E-state index contributed by atoms with van der Waals surface area (Å²) in [4.78, 5) is 0. The number of nitrogens with two attached hydrogens (primary N) is 1. The Hall–Kier alpha value is -1.12. The molecular formula is C11H10F7NS. The van der Waals surface area contributed by atoms with Crippen LogP contribution in [-0.4, -0.2) is 18.6 Å². The first-order valence-electron chi connectivity index (χ1n) is 5.15. The summed E-state index contributed by atoms with van der Waals surface area (Å²) in [5, 5.41) is 0. The standard InChI is InChI=1S/C11H10F7NS/c1-20-5-6-4-7(2-3-8(6)19)9(12,10(13,14)15)11(16,17)18/h2-4H,5,19H2,1H3. The van der Waals surface area contributed by atoms with Gasteiger partial charge in [0.05, 0.1) is 0 Å². The monoisotopic (exact) mass is 321 g/mol. The lowest BCUT2D eigenvalue weighted by Gasteiger charge is -2.30. The Morgan fingerprint density at radius 2 is 1.50 bits per heavy atom. The molecule has 0 unspecified atom stereocenters. The Morgan fingerprint density at radius 1 is 1.00 bits per heavy atom. The molecule has 1 rings (SSSR count). The molecule has 0 aliphatic heterocycles. The third kappa shape index (κ3) is 2.82. The maximum Gasteiger partial charge on any atom is 0.435 e. The number of thioether (sulfide) groups is 1. The fraction of sp³-hybridized carbons (Fsp3) is 0.455. The Balaban J connectivity index is 3.48. The third-order valence-electron chi connectivity index (χ3n) is 2.62. The Kier molecular flexibility index (Phi) is 4.52. The van der Waals surface area contributed by atoms with Crippen molar-refractivity contribution in [1.82, 2.24) is 0 Å². The first-order chi connectivity index (χ1) is 8.95. The molecule has 0 radical (unpaired) electrons. The van der Waals surface area contributed by atoms with Crippen LogP contribution in [0.1, 0.15) is 11.1 Å². The van der Waals surface area contributed by atoms with Gasteiger partial charge >= 0.3 is 18.0 Å². The van der Waals surface area contributed by atoms with Crippen LogP contribution in [0.25, 0.3) is 0 Å². The van der Waals surface area contributed by atoms with Crippen molar-refractivity contribution in [3.63, 3.8) is 0 Å². The van der Waals surface area contributed by atoms with Gasteiger partial charge in [-0.05, 0) is 24.0 Å². The van der Waals surface area contributed by atoms with Gasteiger partial charge in [0.25, 0.3) is 0 Å². The van der Waals surface area contributed by atoms with E-state index in [-0.39, 0.29) is 17.0 Å². The van der Waals surface area contributed by atoms with Crippen LogP contribution in [0.4, 0.5) is 36.4 Å². The molecule has 0 atom stereocenters. The predicted octanol–water partition coefficient (Wildman–Crippen LogP) is 4.42. The molecule has 0 aliphatic rings. The van der Waals surface area contributed by atoms with E-state index in [2.05, 4.69) is 0 Å². The van der Waals surface area contributed by atoms with E-state index >= 15 is 0 Å². The molecule has 0 amide bonds. The molecule has 1 aromatic rings. The third-order valence-corrected chi connectivity index (χ3v) is 3.22. The highest BCUT2D eigenvalue weighted by Crippen LogP contribution is 2.53. The molecule has 1 aromatic carbocycles. The number of rotatable bonds is 3. The summed E-state index contributed by atoms with van der Waals surface area (Å²) in [6.07, 6.45) is -10.6. The minimum absolute atomic E-state index is 0.00907. The second kappa shape index (κ2) is 5.34. The van der Waals surface area contributed by atoms with Crippen molar-refractivity contribution < 1.29 is 30.7 Å². The molecule has 0 fully saturated rings. The molecule has 0 heterocycles.